The minimum Gasteiger partial charge on any atom is -0.486 e. The Bertz CT molecular complexity index is 1590. The second-order valence-electron chi connectivity index (χ2n) is 16.1. The lowest BCUT2D eigenvalue weighted by Crippen LogP contribution is -2.63. The first-order valence-electron chi connectivity index (χ1n) is 17.5. The molecule has 0 N–H and O–H groups in total. The van der Waals surface area contributed by atoms with Crippen LogP contribution in [0.3, 0.4) is 0 Å². The number of carbonyl (C=O) groups excluding carboxylic acids is 2. The van der Waals surface area contributed by atoms with Gasteiger partial charge in [-0.05, 0) is 97.5 Å². The minimum absolute atomic E-state index is 0.207. The molecule has 6 heterocycles. The number of amides is 2. The van der Waals surface area contributed by atoms with E-state index in [1.54, 1.807) is 9.80 Å². The zero-order valence-corrected chi connectivity index (χ0v) is 29.9. The number of carbonyl (C=O) groups is 2. The first-order chi connectivity index (χ1) is 23.2. The number of benzene rings is 1. The molecule has 0 saturated carbocycles. The molecule has 1 spiro atoms. The van der Waals surface area contributed by atoms with Gasteiger partial charge in [-0.15, -0.1) is 0 Å². The molecule has 4 saturated heterocycles. The van der Waals surface area contributed by atoms with Crippen LogP contribution in [0.15, 0.2) is 18.5 Å². The molecule has 0 radical (unpaired) electrons. The molecule has 49 heavy (non-hydrogen) atoms. The number of anilines is 3. The molecule has 1 aromatic heterocycles. The Morgan fingerprint density at radius 1 is 0.918 bits per heavy atom. The SMILES string of the molecule is Cc1cc(C2CCN(C3CN(C(=O)OC(C)(C)C)C3)CC2)cc2c1OCc1c(N3CCOC4(COC4)C3)ncnc1N2C(=O)OC(C)(C)C. The Kier molecular flexibility index (Phi) is 8.68. The predicted octanol–water partition coefficient (Wildman–Crippen LogP) is 5.15. The van der Waals surface area contributed by atoms with Gasteiger partial charge in [0.25, 0.3) is 0 Å². The van der Waals surface area contributed by atoms with Crippen LogP contribution < -0.4 is 14.5 Å². The van der Waals surface area contributed by atoms with E-state index in [0.717, 1.165) is 48.4 Å². The topological polar surface area (TPSA) is 119 Å². The van der Waals surface area contributed by atoms with Crippen molar-refractivity contribution >= 4 is 29.5 Å². The number of aromatic nitrogens is 2. The third-order valence-corrected chi connectivity index (χ3v) is 9.88. The summed E-state index contributed by atoms with van der Waals surface area (Å²) in [5.41, 5.74) is 1.93. The molecule has 7 rings (SSSR count). The normalized spacial score (nSPS) is 21.6. The fourth-order valence-electron chi connectivity index (χ4n) is 7.40. The molecule has 0 atom stereocenters. The first kappa shape index (κ1) is 33.8. The maximum atomic E-state index is 14.1. The number of morpholine rings is 1. The van der Waals surface area contributed by atoms with Crippen molar-refractivity contribution in [1.29, 1.82) is 0 Å². The van der Waals surface area contributed by atoms with E-state index in [1.807, 2.05) is 48.5 Å². The quantitative estimate of drug-likeness (QED) is 0.429. The summed E-state index contributed by atoms with van der Waals surface area (Å²) in [4.78, 5) is 44.1. The van der Waals surface area contributed by atoms with Crippen molar-refractivity contribution in [2.24, 2.45) is 0 Å². The van der Waals surface area contributed by atoms with Gasteiger partial charge < -0.3 is 33.5 Å². The van der Waals surface area contributed by atoms with Crippen molar-refractivity contribution < 1.29 is 33.3 Å². The van der Waals surface area contributed by atoms with Gasteiger partial charge in [0.2, 0.25) is 0 Å². The summed E-state index contributed by atoms with van der Waals surface area (Å²) in [7, 11) is 0. The average Bonchev–Trinajstić information content (AvgIpc) is 3.15. The summed E-state index contributed by atoms with van der Waals surface area (Å²) in [5.74, 6) is 2.14. The number of nitrogens with zero attached hydrogens (tertiary/aromatic N) is 6. The molecule has 0 aliphatic carbocycles. The van der Waals surface area contributed by atoms with Gasteiger partial charge in [-0.25, -0.2) is 24.5 Å². The molecule has 5 aliphatic rings. The van der Waals surface area contributed by atoms with E-state index in [1.165, 1.54) is 6.33 Å². The Morgan fingerprint density at radius 3 is 2.24 bits per heavy atom. The van der Waals surface area contributed by atoms with Gasteiger partial charge in [0.1, 0.15) is 41.3 Å². The molecule has 13 heteroatoms. The summed E-state index contributed by atoms with van der Waals surface area (Å²) in [6.07, 6.45) is 2.71. The molecule has 4 fully saturated rings. The second kappa shape index (κ2) is 12.6. The van der Waals surface area contributed by atoms with Gasteiger partial charge >= 0.3 is 12.2 Å². The Labute approximate surface area is 288 Å². The van der Waals surface area contributed by atoms with Gasteiger partial charge in [0.15, 0.2) is 5.82 Å². The summed E-state index contributed by atoms with van der Waals surface area (Å²) >= 11 is 0. The molecule has 0 unspecified atom stereocenters. The van der Waals surface area contributed by atoms with Gasteiger partial charge in [-0.1, -0.05) is 6.07 Å². The number of hydrogen-bond donors (Lipinski definition) is 0. The van der Waals surface area contributed by atoms with Crippen molar-refractivity contribution in [3.63, 3.8) is 0 Å². The van der Waals surface area contributed by atoms with Gasteiger partial charge in [-0.3, -0.25) is 4.90 Å². The molecule has 5 aliphatic heterocycles. The fraction of sp³-hybridized carbons (Fsp3) is 0.667. The second-order valence-corrected chi connectivity index (χ2v) is 16.1. The van der Waals surface area contributed by atoms with Gasteiger partial charge in [0, 0.05) is 25.7 Å². The third-order valence-electron chi connectivity index (χ3n) is 9.88. The molecule has 2 amide bonds. The number of fused-ring (bicyclic) bond motifs is 2. The van der Waals surface area contributed by atoms with Crippen molar-refractivity contribution in [2.45, 2.75) is 96.7 Å². The molecule has 1 aromatic carbocycles. The van der Waals surface area contributed by atoms with E-state index in [4.69, 9.17) is 33.7 Å². The van der Waals surface area contributed by atoms with Crippen LogP contribution in [0.25, 0.3) is 0 Å². The van der Waals surface area contributed by atoms with Crippen LogP contribution in [0, 0.1) is 6.92 Å². The molecular weight excluding hydrogens is 628 g/mol. The predicted molar refractivity (Wildman–Crippen MR) is 183 cm³/mol. The van der Waals surface area contributed by atoms with Crippen molar-refractivity contribution in [2.75, 3.05) is 68.9 Å². The van der Waals surface area contributed by atoms with E-state index < -0.39 is 17.3 Å². The van der Waals surface area contributed by atoms with Crippen molar-refractivity contribution in [1.82, 2.24) is 19.8 Å². The zero-order valence-electron chi connectivity index (χ0n) is 29.9. The van der Waals surface area contributed by atoms with E-state index in [2.05, 4.69) is 21.9 Å². The van der Waals surface area contributed by atoms with Crippen LogP contribution in [0.5, 0.6) is 5.75 Å². The first-order valence-corrected chi connectivity index (χ1v) is 17.5. The van der Waals surface area contributed by atoms with Crippen LogP contribution >= 0.6 is 0 Å². The summed E-state index contributed by atoms with van der Waals surface area (Å²) in [5, 5.41) is 0. The summed E-state index contributed by atoms with van der Waals surface area (Å²) in [6.45, 7) is 19.7. The maximum Gasteiger partial charge on any atom is 0.420 e. The number of likely N-dealkylation sites (tertiary alicyclic amines) is 2. The van der Waals surface area contributed by atoms with Crippen LogP contribution in [0.2, 0.25) is 0 Å². The highest BCUT2D eigenvalue weighted by molar-refractivity contribution is 5.99. The van der Waals surface area contributed by atoms with E-state index in [9.17, 15) is 9.59 Å². The standard InChI is InChI=1S/C36H50N6O7/c1-23-14-25(24-8-10-39(11-9-24)26-16-41(17-26)32(43)48-34(2,3)4)15-28-29(23)46-18-27-30(40-12-13-47-36(19-40)20-45-21-36)37-22-38-31(27)42(28)33(44)49-35(5,6)7/h14-15,22,24,26H,8-13,16-21H2,1-7H3. The molecule has 0 bridgehead atoms. The van der Waals surface area contributed by atoms with E-state index in [0.29, 0.717) is 75.2 Å². The highest BCUT2D eigenvalue weighted by atomic mass is 16.6. The lowest BCUT2D eigenvalue weighted by atomic mass is 9.87. The third kappa shape index (κ3) is 6.89. The maximum absolute atomic E-state index is 14.1. The van der Waals surface area contributed by atoms with Crippen LogP contribution in [0.1, 0.15) is 77.0 Å². The van der Waals surface area contributed by atoms with Crippen LogP contribution in [0.4, 0.5) is 26.9 Å². The molecule has 13 nitrogen and oxygen atoms in total. The van der Waals surface area contributed by atoms with Crippen molar-refractivity contribution in [3.05, 3.63) is 35.2 Å². The lowest BCUT2D eigenvalue weighted by molar-refractivity contribution is -0.211. The van der Waals surface area contributed by atoms with Crippen molar-refractivity contribution in [3.8, 4) is 5.75 Å². The molecule has 266 valence electrons. The monoisotopic (exact) mass is 678 g/mol. The summed E-state index contributed by atoms with van der Waals surface area (Å²) in [6, 6.07) is 4.64. The Hall–Kier alpha value is -3.68. The van der Waals surface area contributed by atoms with Gasteiger partial charge in [0.05, 0.1) is 37.6 Å². The van der Waals surface area contributed by atoms with Crippen LogP contribution in [-0.4, -0.2) is 114 Å². The van der Waals surface area contributed by atoms with E-state index >= 15 is 0 Å². The number of hydrogen-bond acceptors (Lipinski definition) is 11. The number of piperidine rings is 1. The highest BCUT2D eigenvalue weighted by Crippen LogP contribution is 2.46. The highest BCUT2D eigenvalue weighted by Gasteiger charge is 2.45. The molecule has 2 aromatic rings. The number of rotatable bonds is 3. The average molecular weight is 679 g/mol. The van der Waals surface area contributed by atoms with Gasteiger partial charge in [-0.2, -0.15) is 0 Å². The van der Waals surface area contributed by atoms with E-state index in [-0.39, 0.29) is 18.3 Å². The fourth-order valence-corrected chi connectivity index (χ4v) is 7.40. The van der Waals surface area contributed by atoms with Crippen LogP contribution in [-0.2, 0) is 25.6 Å². The number of ether oxygens (including phenoxy) is 5. The lowest BCUT2D eigenvalue weighted by Gasteiger charge is -2.48. The Balaban J connectivity index is 1.13. The largest absolute Gasteiger partial charge is 0.486 e. The number of aryl methyl sites for hydroxylation is 1. The summed E-state index contributed by atoms with van der Waals surface area (Å²) < 4.78 is 29.7. The zero-order chi connectivity index (χ0) is 34.7. The Morgan fingerprint density at radius 2 is 1.59 bits per heavy atom. The smallest absolute Gasteiger partial charge is 0.420 e. The molecular formula is C36H50N6O7. The minimum atomic E-state index is -0.721.